The van der Waals surface area contributed by atoms with E-state index in [4.69, 9.17) is 5.73 Å². The maximum absolute atomic E-state index is 13.8. The van der Waals surface area contributed by atoms with E-state index in [-0.39, 0.29) is 29.5 Å². The maximum Gasteiger partial charge on any atom is 0.226 e. The topological polar surface area (TPSA) is 91.2 Å². The predicted molar refractivity (Wildman–Crippen MR) is 120 cm³/mol. The molecule has 2 aromatic rings. The Labute approximate surface area is 186 Å². The minimum atomic E-state index is -0.417. The lowest BCUT2D eigenvalue weighted by Gasteiger charge is -2.36. The van der Waals surface area contributed by atoms with Crippen molar-refractivity contribution in [2.75, 3.05) is 6.54 Å². The molecule has 3 atom stereocenters. The van der Waals surface area contributed by atoms with Gasteiger partial charge in [-0.1, -0.05) is 12.8 Å². The number of nitrogens with one attached hydrogen (secondary N) is 2. The van der Waals surface area contributed by atoms with Crippen molar-refractivity contribution in [1.82, 2.24) is 15.2 Å². The monoisotopic (exact) mass is 444 g/mol. The van der Waals surface area contributed by atoms with Crippen LogP contribution < -0.4 is 11.1 Å². The molecule has 1 aromatic heterocycles. The Morgan fingerprint density at radius 3 is 2.71 bits per heavy atom. The number of amides is 2. The molecule has 166 valence electrons. The quantitative estimate of drug-likeness (QED) is 0.432. The predicted octanol–water partition coefficient (Wildman–Crippen LogP) is 2.86. The summed E-state index contributed by atoms with van der Waals surface area (Å²) in [5.41, 5.74) is 8.50. The highest BCUT2D eigenvalue weighted by Gasteiger charge is 2.50. The van der Waals surface area contributed by atoms with Crippen LogP contribution in [0.2, 0.25) is 0 Å². The summed E-state index contributed by atoms with van der Waals surface area (Å²) in [6, 6.07) is 4.73. The molecule has 0 bridgehead atoms. The molecular weight excluding hydrogens is 415 g/mol. The van der Waals surface area contributed by atoms with Crippen LogP contribution in [-0.4, -0.2) is 39.2 Å². The van der Waals surface area contributed by atoms with Crippen LogP contribution in [-0.2, 0) is 22.6 Å². The van der Waals surface area contributed by atoms with Gasteiger partial charge in [0.2, 0.25) is 11.8 Å². The number of nitrogens with two attached hydrogens (primary N) is 1. The molecule has 1 aliphatic heterocycles. The minimum Gasteiger partial charge on any atom is -0.358 e. The number of rotatable bonds is 4. The van der Waals surface area contributed by atoms with Crippen LogP contribution in [0.15, 0.2) is 18.2 Å². The van der Waals surface area contributed by atoms with E-state index in [1.54, 1.807) is 6.07 Å². The van der Waals surface area contributed by atoms with Gasteiger partial charge in [-0.15, -0.1) is 0 Å². The third-order valence-corrected chi connectivity index (χ3v) is 7.89. The van der Waals surface area contributed by atoms with Crippen molar-refractivity contribution in [3.05, 3.63) is 35.3 Å². The van der Waals surface area contributed by atoms with Gasteiger partial charge >= 0.3 is 0 Å². The summed E-state index contributed by atoms with van der Waals surface area (Å²) in [4.78, 5) is 31.9. The average Bonchev–Trinajstić information content (AvgIpc) is 3.47. The van der Waals surface area contributed by atoms with Crippen molar-refractivity contribution in [1.29, 1.82) is 0 Å². The Hall–Kier alpha value is -2.06. The number of carbonyl (C=O) groups excluding carboxylic acids is 2. The van der Waals surface area contributed by atoms with E-state index < -0.39 is 10.9 Å². The smallest absolute Gasteiger partial charge is 0.226 e. The largest absolute Gasteiger partial charge is 0.358 e. The van der Waals surface area contributed by atoms with Crippen LogP contribution in [0, 0.1) is 17.7 Å². The van der Waals surface area contributed by atoms with Crippen LogP contribution in [0.1, 0.15) is 49.8 Å². The number of halogens is 1. The second-order valence-electron chi connectivity index (χ2n) is 9.37. The zero-order valence-corrected chi connectivity index (χ0v) is 18.4. The molecule has 2 aliphatic carbocycles. The Kier molecular flexibility index (Phi) is 5.25. The van der Waals surface area contributed by atoms with Gasteiger partial charge in [0, 0.05) is 53.5 Å². The van der Waals surface area contributed by atoms with Crippen molar-refractivity contribution < 1.29 is 14.0 Å². The van der Waals surface area contributed by atoms with Crippen molar-refractivity contribution >= 4 is 35.3 Å². The van der Waals surface area contributed by atoms with Crippen molar-refractivity contribution in [2.24, 2.45) is 17.6 Å². The highest BCUT2D eigenvalue weighted by atomic mass is 32.1. The fraction of sp³-hybridized carbons (Fsp3) is 0.565. The van der Waals surface area contributed by atoms with Crippen LogP contribution in [0.3, 0.4) is 0 Å². The van der Waals surface area contributed by atoms with E-state index in [2.05, 4.69) is 22.9 Å². The van der Waals surface area contributed by atoms with Crippen molar-refractivity contribution in [3.8, 4) is 0 Å². The van der Waals surface area contributed by atoms with E-state index in [1.807, 2.05) is 4.90 Å². The molecule has 2 amide bonds. The molecule has 2 heterocycles. The number of hydrogen-bond donors (Lipinski definition) is 4. The van der Waals surface area contributed by atoms with E-state index in [9.17, 15) is 14.0 Å². The molecule has 0 saturated heterocycles. The number of hydrogen-bond acceptors (Lipinski definition) is 4. The number of benzene rings is 1. The Morgan fingerprint density at radius 1 is 1.26 bits per heavy atom. The Morgan fingerprint density at radius 2 is 2.00 bits per heavy atom. The van der Waals surface area contributed by atoms with Crippen LogP contribution in [0.25, 0.3) is 10.9 Å². The van der Waals surface area contributed by atoms with Gasteiger partial charge in [-0.05, 0) is 43.9 Å². The van der Waals surface area contributed by atoms with E-state index in [1.165, 1.54) is 12.1 Å². The second-order valence-corrected chi connectivity index (χ2v) is 9.93. The molecule has 4 N–H and O–H groups in total. The Bertz CT molecular complexity index is 1030. The van der Waals surface area contributed by atoms with Crippen molar-refractivity contribution in [3.63, 3.8) is 0 Å². The highest BCUT2D eigenvalue weighted by molar-refractivity contribution is 7.81. The number of aromatic nitrogens is 1. The first-order valence-corrected chi connectivity index (χ1v) is 11.7. The van der Waals surface area contributed by atoms with Crippen LogP contribution in [0.4, 0.5) is 4.39 Å². The fourth-order valence-corrected chi connectivity index (χ4v) is 5.64. The lowest BCUT2D eigenvalue weighted by atomic mass is 9.77. The molecule has 0 radical (unpaired) electrons. The molecule has 31 heavy (non-hydrogen) atoms. The van der Waals surface area contributed by atoms with E-state index >= 15 is 0 Å². The van der Waals surface area contributed by atoms with Gasteiger partial charge in [-0.25, -0.2) is 4.39 Å². The fourth-order valence-electron chi connectivity index (χ4n) is 5.32. The third-order valence-electron chi connectivity index (χ3n) is 7.40. The lowest BCUT2D eigenvalue weighted by Crippen LogP contribution is -2.52. The lowest BCUT2D eigenvalue weighted by molar-refractivity contribution is -0.144. The molecule has 0 spiro atoms. The third kappa shape index (κ3) is 3.74. The van der Waals surface area contributed by atoms with Gasteiger partial charge < -0.3 is 20.9 Å². The van der Waals surface area contributed by atoms with Crippen molar-refractivity contribution in [2.45, 2.75) is 62.4 Å². The van der Waals surface area contributed by atoms with Gasteiger partial charge in [-0.3, -0.25) is 9.59 Å². The zero-order chi connectivity index (χ0) is 21.8. The minimum absolute atomic E-state index is 0.0382. The molecule has 0 unspecified atom stereocenters. The van der Waals surface area contributed by atoms with Gasteiger partial charge in [0.05, 0.1) is 10.9 Å². The number of carbonyl (C=O) groups is 2. The number of fused-ring (bicyclic) bond motifs is 3. The summed E-state index contributed by atoms with van der Waals surface area (Å²) in [6.45, 7) is 1.06. The molecule has 2 fully saturated rings. The number of thiol groups is 1. The summed E-state index contributed by atoms with van der Waals surface area (Å²) >= 11 is 4.34. The summed E-state index contributed by atoms with van der Waals surface area (Å²) in [5.74, 6) is -0.946. The molecule has 6 nitrogen and oxygen atoms in total. The van der Waals surface area contributed by atoms with Gasteiger partial charge in [-0.2, -0.15) is 12.6 Å². The number of aromatic amines is 1. The van der Waals surface area contributed by atoms with Gasteiger partial charge in [0.1, 0.15) is 5.82 Å². The first-order valence-electron chi connectivity index (χ1n) is 11.2. The second kappa shape index (κ2) is 7.81. The number of H-pyrrole nitrogens is 1. The van der Waals surface area contributed by atoms with Gasteiger partial charge in [0.15, 0.2) is 0 Å². The first kappa shape index (κ1) is 20.8. The standard InChI is InChI=1S/C23H29FN4O2S/c24-13-5-6-18-16(11-13)17-12-28(10-7-19(17)26-18)21(30)15-4-2-1-3-14(15)20(29)27-23(8-9-23)22(25)31/h5-6,11,14-15,22,26,31H,1-4,7-10,12,25H2,(H,27,29)/t14-,15-,22+/m1/s1. The molecule has 2 saturated carbocycles. The normalized spacial score (nSPS) is 25.7. The molecule has 8 heteroatoms. The Balaban J connectivity index is 1.34. The zero-order valence-electron chi connectivity index (χ0n) is 17.5. The average molecular weight is 445 g/mol. The first-order chi connectivity index (χ1) is 14.9. The van der Waals surface area contributed by atoms with E-state index in [0.29, 0.717) is 19.5 Å². The molecule has 5 rings (SSSR count). The summed E-state index contributed by atoms with van der Waals surface area (Å²) in [7, 11) is 0. The summed E-state index contributed by atoms with van der Waals surface area (Å²) < 4.78 is 13.8. The molecule has 1 aromatic carbocycles. The number of nitrogens with zero attached hydrogens (tertiary/aromatic N) is 1. The summed E-state index contributed by atoms with van der Waals surface area (Å²) in [6.07, 6.45) is 5.73. The maximum atomic E-state index is 13.8. The van der Waals surface area contributed by atoms with Crippen LogP contribution in [0.5, 0.6) is 0 Å². The van der Waals surface area contributed by atoms with E-state index in [0.717, 1.165) is 60.7 Å². The van der Waals surface area contributed by atoms with Gasteiger partial charge in [0.25, 0.3) is 0 Å². The molecular formula is C23H29FN4O2S. The summed E-state index contributed by atoms with van der Waals surface area (Å²) in [5, 5.41) is 3.55. The molecule has 3 aliphatic rings. The highest BCUT2D eigenvalue weighted by Crippen LogP contribution is 2.41. The van der Waals surface area contributed by atoms with Crippen LogP contribution >= 0.6 is 12.6 Å². The SMILES string of the molecule is N[C@@H](S)C1(NC(=O)[C@@H]2CCCC[C@H]2C(=O)N2CCc3[nH]c4ccc(F)cc4c3C2)CC1.